The molecule has 0 bridgehead atoms. The molecule has 1 aromatic carbocycles. The summed E-state index contributed by atoms with van der Waals surface area (Å²) in [6, 6.07) is 8.96. The Morgan fingerprint density at radius 1 is 0.810 bits per heavy atom. The van der Waals surface area contributed by atoms with E-state index in [1.165, 1.54) is 63.5 Å². The number of para-hydroxylation sites is 1. The van der Waals surface area contributed by atoms with Crippen LogP contribution >= 0.6 is 0 Å². The number of hydrogen-bond acceptors (Lipinski definition) is 1. The van der Waals surface area contributed by atoms with E-state index in [1.54, 1.807) is 5.56 Å². The quantitative estimate of drug-likeness (QED) is 0.427. The predicted molar refractivity (Wildman–Crippen MR) is 96.4 cm³/mol. The zero-order valence-electron chi connectivity index (χ0n) is 14.7. The average Bonchev–Trinajstić information content (AvgIpc) is 2.49. The lowest BCUT2D eigenvalue weighted by Crippen LogP contribution is -2.13. The molecule has 0 fully saturated rings. The summed E-state index contributed by atoms with van der Waals surface area (Å²) in [7, 11) is 4.32. The monoisotopic (exact) mass is 289 g/mol. The molecule has 0 aliphatic heterocycles. The molecule has 1 heteroatoms. The normalized spacial score (nSPS) is 12.4. The molecule has 0 aromatic heterocycles. The van der Waals surface area contributed by atoms with E-state index >= 15 is 0 Å². The maximum atomic E-state index is 2.34. The standard InChI is InChI=1S/C20H35N/c1-5-7-8-9-10-11-15-18(14-6-2)19-16-12-13-17-20(19)21(3)4/h12-13,16-18H,5-11,14-15H2,1-4H3. The Morgan fingerprint density at radius 2 is 1.48 bits per heavy atom. The van der Waals surface area contributed by atoms with Crippen molar-refractivity contribution in [2.45, 2.75) is 77.6 Å². The number of rotatable bonds is 11. The van der Waals surface area contributed by atoms with E-state index in [9.17, 15) is 0 Å². The van der Waals surface area contributed by atoms with Crippen LogP contribution in [0.4, 0.5) is 5.69 Å². The fourth-order valence-corrected chi connectivity index (χ4v) is 3.21. The summed E-state index contributed by atoms with van der Waals surface area (Å²) in [5, 5.41) is 0. The van der Waals surface area contributed by atoms with Crippen molar-refractivity contribution in [2.24, 2.45) is 0 Å². The molecule has 0 spiro atoms. The minimum Gasteiger partial charge on any atom is -0.377 e. The van der Waals surface area contributed by atoms with Crippen molar-refractivity contribution < 1.29 is 0 Å². The number of benzene rings is 1. The molecule has 1 atom stereocenters. The van der Waals surface area contributed by atoms with Crippen LogP contribution in [0.5, 0.6) is 0 Å². The van der Waals surface area contributed by atoms with Gasteiger partial charge in [0.15, 0.2) is 0 Å². The summed E-state index contributed by atoms with van der Waals surface area (Å²) in [6.07, 6.45) is 12.3. The highest BCUT2D eigenvalue weighted by atomic mass is 15.1. The third kappa shape index (κ3) is 6.54. The number of hydrogen-bond donors (Lipinski definition) is 0. The molecule has 1 nitrogen and oxygen atoms in total. The van der Waals surface area contributed by atoms with E-state index in [1.807, 2.05) is 0 Å². The van der Waals surface area contributed by atoms with Gasteiger partial charge in [-0.3, -0.25) is 0 Å². The average molecular weight is 290 g/mol. The van der Waals surface area contributed by atoms with Crippen LogP contribution in [0.15, 0.2) is 24.3 Å². The first-order chi connectivity index (χ1) is 10.2. The van der Waals surface area contributed by atoms with Gasteiger partial charge >= 0.3 is 0 Å². The number of unbranched alkanes of at least 4 members (excludes halogenated alkanes) is 5. The molecule has 0 N–H and O–H groups in total. The molecule has 0 heterocycles. The molecule has 0 saturated carbocycles. The van der Waals surface area contributed by atoms with Crippen molar-refractivity contribution in [3.05, 3.63) is 29.8 Å². The van der Waals surface area contributed by atoms with Crippen molar-refractivity contribution >= 4 is 5.69 Å². The van der Waals surface area contributed by atoms with Crippen molar-refractivity contribution in [1.82, 2.24) is 0 Å². The first kappa shape index (κ1) is 18.1. The molecule has 0 saturated heterocycles. The predicted octanol–water partition coefficient (Wildman–Crippen LogP) is 6.39. The van der Waals surface area contributed by atoms with E-state index < -0.39 is 0 Å². The number of nitrogens with zero attached hydrogens (tertiary/aromatic N) is 1. The van der Waals surface area contributed by atoms with Gasteiger partial charge in [-0.25, -0.2) is 0 Å². The van der Waals surface area contributed by atoms with Crippen molar-refractivity contribution in [1.29, 1.82) is 0 Å². The Bertz CT molecular complexity index is 370. The smallest absolute Gasteiger partial charge is 0.0396 e. The summed E-state index contributed by atoms with van der Waals surface area (Å²) in [6.45, 7) is 4.60. The van der Waals surface area contributed by atoms with Gasteiger partial charge in [-0.05, 0) is 30.4 Å². The number of anilines is 1. The summed E-state index contributed by atoms with van der Waals surface area (Å²) in [4.78, 5) is 2.26. The van der Waals surface area contributed by atoms with Gasteiger partial charge < -0.3 is 4.90 Å². The van der Waals surface area contributed by atoms with E-state index in [2.05, 4.69) is 57.1 Å². The lowest BCUT2D eigenvalue weighted by Gasteiger charge is -2.24. The lowest BCUT2D eigenvalue weighted by molar-refractivity contribution is 0.512. The first-order valence-electron chi connectivity index (χ1n) is 8.96. The van der Waals surface area contributed by atoms with Crippen LogP contribution < -0.4 is 4.90 Å². The fraction of sp³-hybridized carbons (Fsp3) is 0.700. The third-order valence-corrected chi connectivity index (χ3v) is 4.40. The Kier molecular flexibility index (Phi) is 9.21. The molecule has 0 amide bonds. The molecule has 0 radical (unpaired) electrons. The highest BCUT2D eigenvalue weighted by Crippen LogP contribution is 2.33. The van der Waals surface area contributed by atoms with Gasteiger partial charge in [0.05, 0.1) is 0 Å². The molecular weight excluding hydrogens is 254 g/mol. The van der Waals surface area contributed by atoms with E-state index in [0.29, 0.717) is 0 Å². The molecule has 1 unspecified atom stereocenters. The van der Waals surface area contributed by atoms with Crippen LogP contribution in [-0.2, 0) is 0 Å². The topological polar surface area (TPSA) is 3.24 Å². The molecule has 0 aliphatic carbocycles. The Morgan fingerprint density at radius 3 is 2.14 bits per heavy atom. The van der Waals surface area contributed by atoms with Crippen LogP contribution in [0.2, 0.25) is 0 Å². The first-order valence-corrected chi connectivity index (χ1v) is 8.96. The van der Waals surface area contributed by atoms with Gasteiger partial charge in [-0.1, -0.05) is 77.0 Å². The maximum Gasteiger partial charge on any atom is 0.0396 e. The minimum atomic E-state index is 0.736. The van der Waals surface area contributed by atoms with Crippen molar-refractivity contribution in [2.75, 3.05) is 19.0 Å². The van der Waals surface area contributed by atoms with Gasteiger partial charge in [0.1, 0.15) is 0 Å². The van der Waals surface area contributed by atoms with Crippen LogP contribution in [0.3, 0.4) is 0 Å². The lowest BCUT2D eigenvalue weighted by atomic mass is 9.88. The summed E-state index contributed by atoms with van der Waals surface area (Å²) in [5.41, 5.74) is 2.96. The summed E-state index contributed by atoms with van der Waals surface area (Å²) >= 11 is 0. The molecule has 0 aliphatic rings. The highest BCUT2D eigenvalue weighted by Gasteiger charge is 2.15. The minimum absolute atomic E-state index is 0.736. The SMILES string of the molecule is CCCCCCCCC(CCC)c1ccccc1N(C)C. The fourth-order valence-electron chi connectivity index (χ4n) is 3.21. The van der Waals surface area contributed by atoms with Gasteiger partial charge in [0.25, 0.3) is 0 Å². The van der Waals surface area contributed by atoms with Gasteiger partial charge in [-0.2, -0.15) is 0 Å². The van der Waals surface area contributed by atoms with Crippen molar-refractivity contribution in [3.8, 4) is 0 Å². The zero-order valence-corrected chi connectivity index (χ0v) is 14.7. The van der Waals surface area contributed by atoms with Crippen LogP contribution in [0, 0.1) is 0 Å². The summed E-state index contributed by atoms with van der Waals surface area (Å²) < 4.78 is 0. The Labute approximate surface area is 132 Å². The van der Waals surface area contributed by atoms with Crippen LogP contribution in [0.25, 0.3) is 0 Å². The molecule has 1 rings (SSSR count). The Balaban J connectivity index is 2.56. The Hall–Kier alpha value is -0.980. The zero-order chi connectivity index (χ0) is 15.5. The van der Waals surface area contributed by atoms with Gasteiger partial charge in [0, 0.05) is 19.8 Å². The van der Waals surface area contributed by atoms with Crippen LogP contribution in [-0.4, -0.2) is 14.1 Å². The van der Waals surface area contributed by atoms with E-state index in [4.69, 9.17) is 0 Å². The van der Waals surface area contributed by atoms with Crippen LogP contribution in [0.1, 0.15) is 83.1 Å². The maximum absolute atomic E-state index is 2.34. The molecule has 21 heavy (non-hydrogen) atoms. The second-order valence-electron chi connectivity index (χ2n) is 6.50. The molecule has 120 valence electrons. The van der Waals surface area contributed by atoms with E-state index in [-0.39, 0.29) is 0 Å². The highest BCUT2D eigenvalue weighted by molar-refractivity contribution is 5.54. The van der Waals surface area contributed by atoms with Crippen molar-refractivity contribution in [3.63, 3.8) is 0 Å². The summed E-state index contributed by atoms with van der Waals surface area (Å²) in [5.74, 6) is 0.736. The molecule has 1 aromatic rings. The second-order valence-corrected chi connectivity index (χ2v) is 6.50. The van der Waals surface area contributed by atoms with E-state index in [0.717, 1.165) is 5.92 Å². The van der Waals surface area contributed by atoms with Gasteiger partial charge in [0.2, 0.25) is 0 Å². The second kappa shape index (κ2) is 10.7. The third-order valence-electron chi connectivity index (χ3n) is 4.40. The molecular formula is C20H35N. The largest absolute Gasteiger partial charge is 0.377 e. The van der Waals surface area contributed by atoms with Gasteiger partial charge in [-0.15, -0.1) is 0 Å².